The minimum Gasteiger partial charge on any atom is -0.490 e. The molecule has 0 radical (unpaired) electrons. The van der Waals surface area contributed by atoms with Crippen molar-refractivity contribution in [2.45, 2.75) is 33.6 Å². The Morgan fingerprint density at radius 1 is 1.12 bits per heavy atom. The topological polar surface area (TPSA) is 86.3 Å². The molecule has 0 atom stereocenters. The summed E-state index contributed by atoms with van der Waals surface area (Å²) in [6.07, 6.45) is 2.01. The number of aromatic nitrogens is 3. The number of aromatic amines is 1. The molecule has 1 N–H and O–H groups in total. The van der Waals surface area contributed by atoms with Gasteiger partial charge < -0.3 is 14.2 Å². The Labute approximate surface area is 155 Å². The van der Waals surface area contributed by atoms with Gasteiger partial charge in [0.15, 0.2) is 17.2 Å². The molecule has 0 unspecified atom stereocenters. The highest BCUT2D eigenvalue weighted by Crippen LogP contribution is 2.39. The number of unbranched alkanes of at least 4 members (excludes halogenated alkanes) is 1. The molecule has 0 saturated heterocycles. The molecule has 1 aromatic carbocycles. The van der Waals surface area contributed by atoms with Crippen molar-refractivity contribution < 1.29 is 19.0 Å². The Kier molecular flexibility index (Phi) is 7.24. The summed E-state index contributed by atoms with van der Waals surface area (Å²) in [5.41, 5.74) is 1.19. The van der Waals surface area contributed by atoms with Gasteiger partial charge in [-0.2, -0.15) is 10.3 Å². The molecule has 0 aliphatic rings. The number of benzene rings is 1. The highest BCUT2D eigenvalue weighted by Gasteiger charge is 2.22. The molecule has 7 nitrogen and oxygen atoms in total. The largest absolute Gasteiger partial charge is 0.490 e. The van der Waals surface area contributed by atoms with E-state index in [4.69, 9.17) is 14.2 Å². The van der Waals surface area contributed by atoms with Crippen molar-refractivity contribution in [3.05, 3.63) is 22.3 Å². The standard InChI is InChI=1S/C17H22BrN3O4/c1-4-7-8-25-14-10-12(18)11(9-13(14)23-5-2)15-16(20-21-19-15)17(22)24-6-3/h9-10H,4-8H2,1-3H3,(H,19,20,21). The average molecular weight is 412 g/mol. The van der Waals surface area contributed by atoms with Gasteiger partial charge in [-0.3, -0.25) is 0 Å². The maximum atomic E-state index is 12.0. The van der Waals surface area contributed by atoms with Crippen LogP contribution < -0.4 is 9.47 Å². The first-order valence-electron chi connectivity index (χ1n) is 8.29. The minimum atomic E-state index is -0.528. The molecule has 0 aliphatic heterocycles. The van der Waals surface area contributed by atoms with Gasteiger partial charge in [0.05, 0.1) is 19.8 Å². The van der Waals surface area contributed by atoms with Crippen molar-refractivity contribution in [1.29, 1.82) is 0 Å². The van der Waals surface area contributed by atoms with Crippen LogP contribution in [0.1, 0.15) is 44.1 Å². The average Bonchev–Trinajstić information content (AvgIpc) is 3.07. The molecule has 0 fully saturated rings. The van der Waals surface area contributed by atoms with Crippen molar-refractivity contribution in [3.8, 4) is 22.8 Å². The summed E-state index contributed by atoms with van der Waals surface area (Å²) in [6, 6.07) is 3.61. The van der Waals surface area contributed by atoms with Gasteiger partial charge in [0, 0.05) is 10.0 Å². The lowest BCUT2D eigenvalue weighted by Crippen LogP contribution is -2.07. The number of hydrogen-bond acceptors (Lipinski definition) is 6. The summed E-state index contributed by atoms with van der Waals surface area (Å²) >= 11 is 3.52. The predicted octanol–water partition coefficient (Wildman–Crippen LogP) is 3.99. The van der Waals surface area contributed by atoms with Gasteiger partial charge in [0.2, 0.25) is 0 Å². The Balaban J connectivity index is 2.40. The fourth-order valence-electron chi connectivity index (χ4n) is 2.18. The molecule has 2 aromatic rings. The van der Waals surface area contributed by atoms with Crippen LogP contribution >= 0.6 is 15.9 Å². The highest BCUT2D eigenvalue weighted by atomic mass is 79.9. The molecule has 1 aromatic heterocycles. The van der Waals surface area contributed by atoms with E-state index in [1.54, 1.807) is 13.0 Å². The third kappa shape index (κ3) is 4.72. The van der Waals surface area contributed by atoms with Crippen LogP contribution in [0.2, 0.25) is 0 Å². The first-order valence-corrected chi connectivity index (χ1v) is 9.08. The highest BCUT2D eigenvalue weighted by molar-refractivity contribution is 9.10. The Bertz CT molecular complexity index is 718. The van der Waals surface area contributed by atoms with Gasteiger partial charge in [-0.05, 0) is 48.3 Å². The van der Waals surface area contributed by atoms with E-state index < -0.39 is 5.97 Å². The number of carbonyl (C=O) groups is 1. The molecule has 0 spiro atoms. The maximum Gasteiger partial charge on any atom is 0.361 e. The lowest BCUT2D eigenvalue weighted by Gasteiger charge is -2.14. The van der Waals surface area contributed by atoms with Crippen molar-refractivity contribution in [3.63, 3.8) is 0 Å². The molecule has 8 heteroatoms. The molecule has 0 saturated carbocycles. The fraction of sp³-hybridized carbons (Fsp3) is 0.471. The van der Waals surface area contributed by atoms with E-state index in [1.807, 2.05) is 13.0 Å². The lowest BCUT2D eigenvalue weighted by molar-refractivity contribution is 0.0520. The Morgan fingerprint density at radius 2 is 1.88 bits per heavy atom. The summed E-state index contributed by atoms with van der Waals surface area (Å²) in [4.78, 5) is 12.0. The van der Waals surface area contributed by atoms with Gasteiger partial charge >= 0.3 is 5.97 Å². The first-order chi connectivity index (χ1) is 12.1. The summed E-state index contributed by atoms with van der Waals surface area (Å²) in [6.45, 7) is 7.12. The number of nitrogens with zero attached hydrogens (tertiary/aromatic N) is 2. The quantitative estimate of drug-likeness (QED) is 0.495. The smallest absolute Gasteiger partial charge is 0.361 e. The van der Waals surface area contributed by atoms with Crippen LogP contribution in [0.5, 0.6) is 11.5 Å². The molecule has 0 aliphatic carbocycles. The summed E-state index contributed by atoms with van der Waals surface area (Å²) in [5.74, 6) is 0.709. The normalized spacial score (nSPS) is 10.6. The van der Waals surface area contributed by atoms with E-state index in [0.717, 1.165) is 17.3 Å². The second-order valence-electron chi connectivity index (χ2n) is 5.16. The summed E-state index contributed by atoms with van der Waals surface area (Å²) < 4.78 is 17.2. The Morgan fingerprint density at radius 3 is 2.56 bits per heavy atom. The molecule has 0 amide bonds. The molecule has 2 rings (SSSR count). The van der Waals surface area contributed by atoms with Gasteiger partial charge in [0.25, 0.3) is 0 Å². The first kappa shape index (κ1) is 19.2. The van der Waals surface area contributed by atoms with Crippen LogP contribution in [0.3, 0.4) is 0 Å². The number of esters is 1. The van der Waals surface area contributed by atoms with Gasteiger partial charge in [0.1, 0.15) is 5.69 Å². The molecule has 25 heavy (non-hydrogen) atoms. The van der Waals surface area contributed by atoms with Crippen LogP contribution in [0.25, 0.3) is 11.3 Å². The molecular formula is C17H22BrN3O4. The van der Waals surface area contributed by atoms with Crippen LogP contribution in [0, 0.1) is 0 Å². The number of rotatable bonds is 9. The van der Waals surface area contributed by atoms with E-state index >= 15 is 0 Å². The van der Waals surface area contributed by atoms with Gasteiger partial charge in [-0.25, -0.2) is 4.79 Å². The molecular weight excluding hydrogens is 390 g/mol. The number of carbonyl (C=O) groups excluding carboxylic acids is 1. The summed E-state index contributed by atoms with van der Waals surface area (Å²) in [5, 5.41) is 10.5. The van der Waals surface area contributed by atoms with E-state index in [0.29, 0.717) is 36.0 Å². The predicted molar refractivity (Wildman–Crippen MR) is 97.0 cm³/mol. The summed E-state index contributed by atoms with van der Waals surface area (Å²) in [7, 11) is 0. The van der Waals surface area contributed by atoms with Crippen LogP contribution in [0.4, 0.5) is 0 Å². The second kappa shape index (κ2) is 9.41. The third-order valence-electron chi connectivity index (χ3n) is 3.36. The zero-order chi connectivity index (χ0) is 18.2. The monoisotopic (exact) mass is 411 g/mol. The van der Waals surface area contributed by atoms with Crippen molar-refractivity contribution in [1.82, 2.24) is 15.4 Å². The molecule has 136 valence electrons. The molecule has 0 bridgehead atoms. The van der Waals surface area contributed by atoms with Crippen LogP contribution in [-0.2, 0) is 4.74 Å². The van der Waals surface area contributed by atoms with E-state index in [-0.39, 0.29) is 12.3 Å². The number of hydrogen-bond donors (Lipinski definition) is 1. The van der Waals surface area contributed by atoms with Gasteiger partial charge in [-0.1, -0.05) is 13.3 Å². The zero-order valence-corrected chi connectivity index (χ0v) is 16.2. The number of ether oxygens (including phenoxy) is 3. The third-order valence-corrected chi connectivity index (χ3v) is 4.02. The number of halogens is 1. The van der Waals surface area contributed by atoms with Crippen LogP contribution in [0.15, 0.2) is 16.6 Å². The van der Waals surface area contributed by atoms with E-state index in [9.17, 15) is 4.79 Å². The number of H-pyrrole nitrogens is 1. The second-order valence-corrected chi connectivity index (χ2v) is 6.01. The van der Waals surface area contributed by atoms with Crippen molar-refractivity contribution in [2.75, 3.05) is 19.8 Å². The van der Waals surface area contributed by atoms with E-state index in [1.165, 1.54) is 0 Å². The van der Waals surface area contributed by atoms with Crippen LogP contribution in [-0.4, -0.2) is 41.2 Å². The minimum absolute atomic E-state index is 0.129. The van der Waals surface area contributed by atoms with Crippen molar-refractivity contribution >= 4 is 21.9 Å². The van der Waals surface area contributed by atoms with Gasteiger partial charge in [-0.15, -0.1) is 5.10 Å². The van der Waals surface area contributed by atoms with E-state index in [2.05, 4.69) is 38.3 Å². The fourth-order valence-corrected chi connectivity index (χ4v) is 2.69. The molecule has 1 heterocycles. The lowest BCUT2D eigenvalue weighted by atomic mass is 10.1. The zero-order valence-electron chi connectivity index (χ0n) is 14.6. The van der Waals surface area contributed by atoms with Crippen molar-refractivity contribution in [2.24, 2.45) is 0 Å². The number of nitrogens with one attached hydrogen (secondary N) is 1. The maximum absolute atomic E-state index is 12.0. The Hall–Kier alpha value is -2.09. The SMILES string of the molecule is CCCCOc1cc(Br)c(-c2n[nH]nc2C(=O)OCC)cc1OCC.